The van der Waals surface area contributed by atoms with Crippen LogP contribution in [0.15, 0.2) is 30.3 Å². The molecule has 1 aromatic heterocycles. The zero-order valence-corrected chi connectivity index (χ0v) is 14.0. The minimum absolute atomic E-state index is 0.239. The summed E-state index contributed by atoms with van der Waals surface area (Å²) < 4.78 is 4.42. The van der Waals surface area contributed by atoms with E-state index in [1.54, 1.807) is 37.3 Å². The van der Waals surface area contributed by atoms with E-state index in [0.717, 1.165) is 7.11 Å². The number of benzene rings is 1. The molecule has 0 saturated heterocycles. The molecule has 0 aliphatic rings. The molecule has 11 nitrogen and oxygen atoms in total. The molecular weight excluding hydrogens is 344 g/mol. The number of carbonyl (C=O) groups is 1. The molecule has 26 heavy (non-hydrogen) atoms. The second kappa shape index (κ2) is 8.07. The number of nitrogens with one attached hydrogen (secondary N) is 2. The molecular formula is C15H18N6O5. The van der Waals surface area contributed by atoms with Gasteiger partial charge in [0.2, 0.25) is 17.6 Å². The van der Waals surface area contributed by atoms with Crippen LogP contribution in [0.4, 0.5) is 28.1 Å². The Morgan fingerprint density at radius 1 is 1.35 bits per heavy atom. The summed E-state index contributed by atoms with van der Waals surface area (Å²) in [6.45, 7) is 1.62. The predicted molar refractivity (Wildman–Crippen MR) is 93.6 cm³/mol. The first kappa shape index (κ1) is 18.9. The molecule has 0 spiro atoms. The summed E-state index contributed by atoms with van der Waals surface area (Å²) in [5.74, 6) is -0.958. The number of amides is 1. The van der Waals surface area contributed by atoms with Crippen molar-refractivity contribution in [2.75, 3.05) is 23.5 Å². The number of ether oxygens (including phenoxy) is 1. The van der Waals surface area contributed by atoms with Crippen molar-refractivity contribution >= 4 is 29.4 Å². The van der Waals surface area contributed by atoms with Gasteiger partial charge in [0.05, 0.1) is 24.2 Å². The van der Waals surface area contributed by atoms with Crippen LogP contribution in [0.5, 0.6) is 0 Å². The Kier molecular flexibility index (Phi) is 5.86. The van der Waals surface area contributed by atoms with Crippen molar-refractivity contribution in [2.24, 2.45) is 0 Å². The van der Waals surface area contributed by atoms with Gasteiger partial charge < -0.3 is 20.9 Å². The number of nitro groups is 1. The number of anilines is 3. The highest BCUT2D eigenvalue weighted by Crippen LogP contribution is 2.31. The van der Waals surface area contributed by atoms with Crippen molar-refractivity contribution in [1.29, 1.82) is 0 Å². The van der Waals surface area contributed by atoms with Crippen molar-refractivity contribution < 1.29 is 19.6 Å². The highest BCUT2D eigenvalue weighted by atomic mass is 16.6. The van der Waals surface area contributed by atoms with Crippen molar-refractivity contribution in [3.8, 4) is 0 Å². The van der Waals surface area contributed by atoms with Gasteiger partial charge in [-0.25, -0.2) is 4.79 Å². The van der Waals surface area contributed by atoms with E-state index in [4.69, 9.17) is 5.73 Å². The highest BCUT2D eigenvalue weighted by Gasteiger charge is 2.27. The zero-order valence-electron chi connectivity index (χ0n) is 14.0. The Balaban J connectivity index is 2.33. The average molecular weight is 362 g/mol. The second-order valence-corrected chi connectivity index (χ2v) is 5.29. The van der Waals surface area contributed by atoms with E-state index in [1.165, 1.54) is 0 Å². The lowest BCUT2D eigenvalue weighted by Crippen LogP contribution is -2.26. The largest absolute Gasteiger partial charge is 0.453 e. The number of aromatic nitrogens is 2. The summed E-state index contributed by atoms with van der Waals surface area (Å²) >= 11 is 0. The number of aliphatic hydroxyl groups excluding tert-OH is 1. The molecule has 1 heterocycles. The summed E-state index contributed by atoms with van der Waals surface area (Å²) in [5, 5.41) is 26.6. The van der Waals surface area contributed by atoms with Crippen LogP contribution >= 0.6 is 0 Å². The third kappa shape index (κ3) is 4.33. The molecule has 0 aliphatic heterocycles. The van der Waals surface area contributed by atoms with Gasteiger partial charge in [0.1, 0.15) is 0 Å². The summed E-state index contributed by atoms with van der Waals surface area (Å²) in [6.07, 6.45) is -1.83. The van der Waals surface area contributed by atoms with E-state index >= 15 is 0 Å². The van der Waals surface area contributed by atoms with Crippen molar-refractivity contribution in [3.63, 3.8) is 0 Å². The number of nitrogens with two attached hydrogens (primary N) is 1. The van der Waals surface area contributed by atoms with Crippen LogP contribution in [0.1, 0.15) is 18.6 Å². The number of methoxy groups -OCH3 is 1. The van der Waals surface area contributed by atoms with Crippen molar-refractivity contribution in [3.05, 3.63) is 46.0 Å². The maximum absolute atomic E-state index is 11.3. The number of aliphatic hydroxyl groups is 1. The lowest BCUT2D eigenvalue weighted by Gasteiger charge is -2.21. The highest BCUT2D eigenvalue weighted by molar-refractivity contribution is 5.83. The average Bonchev–Trinajstić information content (AvgIpc) is 2.60. The van der Waals surface area contributed by atoms with Gasteiger partial charge in [0, 0.05) is 0 Å². The topological polar surface area (TPSA) is 166 Å². The van der Waals surface area contributed by atoms with E-state index in [1.807, 2.05) is 0 Å². The lowest BCUT2D eigenvalue weighted by atomic mass is 10.0. The fourth-order valence-corrected chi connectivity index (χ4v) is 2.18. The number of rotatable bonds is 6. The second-order valence-electron chi connectivity index (χ2n) is 5.29. The minimum Gasteiger partial charge on any atom is -0.453 e. The Labute approximate surface area is 148 Å². The number of carbonyl (C=O) groups excluding carboxylic acids is 1. The third-order valence-electron chi connectivity index (χ3n) is 3.47. The standard InChI is InChI=1S/C15H18N6O5/c1-8(11(22)9-6-4-3-5-7-9)17-13-10(21(24)25)12(16)18-14(19-13)20-15(23)26-2/h3-8,11,22H,1-2H3,(H4,16,17,18,19,20,23)/t8-,11-/m0/s1. The fraction of sp³-hybridized carbons (Fsp3) is 0.267. The maximum Gasteiger partial charge on any atom is 0.413 e. The maximum atomic E-state index is 11.3. The van der Waals surface area contributed by atoms with Crippen molar-refractivity contribution in [1.82, 2.24) is 9.97 Å². The smallest absolute Gasteiger partial charge is 0.413 e. The van der Waals surface area contributed by atoms with Crippen LogP contribution in [0, 0.1) is 10.1 Å². The first-order valence-electron chi connectivity index (χ1n) is 7.50. The number of hydrogen-bond donors (Lipinski definition) is 4. The molecule has 0 unspecified atom stereocenters. The molecule has 0 saturated carbocycles. The Morgan fingerprint density at radius 3 is 2.58 bits per heavy atom. The Morgan fingerprint density at radius 2 is 2.00 bits per heavy atom. The van der Waals surface area contributed by atoms with Gasteiger partial charge in [-0.15, -0.1) is 0 Å². The molecule has 0 radical (unpaired) electrons. The molecule has 5 N–H and O–H groups in total. The van der Waals surface area contributed by atoms with Crippen LogP contribution in [0.3, 0.4) is 0 Å². The number of hydrogen-bond acceptors (Lipinski definition) is 9. The van der Waals surface area contributed by atoms with E-state index in [2.05, 4.69) is 25.3 Å². The van der Waals surface area contributed by atoms with Gasteiger partial charge >= 0.3 is 11.8 Å². The monoisotopic (exact) mass is 362 g/mol. The summed E-state index contributed by atoms with van der Waals surface area (Å²) in [4.78, 5) is 29.4. The summed E-state index contributed by atoms with van der Waals surface area (Å²) in [6, 6.07) is 8.10. The van der Waals surface area contributed by atoms with Gasteiger partial charge in [0.25, 0.3) is 0 Å². The van der Waals surface area contributed by atoms with Crippen LogP contribution < -0.4 is 16.4 Å². The van der Waals surface area contributed by atoms with E-state index < -0.39 is 34.7 Å². The Hall–Kier alpha value is -3.47. The quantitative estimate of drug-likeness (QED) is 0.441. The van der Waals surface area contributed by atoms with E-state index in [-0.39, 0.29) is 11.8 Å². The molecule has 138 valence electrons. The van der Waals surface area contributed by atoms with E-state index in [0.29, 0.717) is 5.56 Å². The lowest BCUT2D eigenvalue weighted by molar-refractivity contribution is -0.383. The molecule has 2 rings (SSSR count). The normalized spacial score (nSPS) is 12.7. The molecule has 11 heteroatoms. The molecule has 0 aliphatic carbocycles. The van der Waals surface area contributed by atoms with Gasteiger partial charge in [-0.05, 0) is 12.5 Å². The summed E-state index contributed by atoms with van der Waals surface area (Å²) in [5.41, 5.74) is 5.67. The molecule has 2 atom stereocenters. The van der Waals surface area contributed by atoms with Crippen LogP contribution in [-0.4, -0.2) is 39.2 Å². The zero-order chi connectivity index (χ0) is 19.3. The van der Waals surface area contributed by atoms with Gasteiger partial charge in [-0.3, -0.25) is 15.4 Å². The van der Waals surface area contributed by atoms with Crippen molar-refractivity contribution in [2.45, 2.75) is 19.1 Å². The number of nitrogen functional groups attached to an aromatic ring is 1. The molecule has 0 fully saturated rings. The first-order chi connectivity index (χ1) is 12.3. The van der Waals surface area contributed by atoms with Crippen LogP contribution in [-0.2, 0) is 4.74 Å². The Bertz CT molecular complexity index is 801. The van der Waals surface area contributed by atoms with E-state index in [9.17, 15) is 20.0 Å². The fourth-order valence-electron chi connectivity index (χ4n) is 2.18. The number of nitrogens with zero attached hydrogens (tertiary/aromatic N) is 3. The molecule has 1 amide bonds. The molecule has 1 aromatic carbocycles. The molecule has 2 aromatic rings. The van der Waals surface area contributed by atoms with Gasteiger partial charge in [-0.1, -0.05) is 30.3 Å². The predicted octanol–water partition coefficient (Wildman–Crippen LogP) is 1.68. The van der Waals surface area contributed by atoms with Crippen LogP contribution in [0.25, 0.3) is 0 Å². The van der Waals surface area contributed by atoms with Gasteiger partial charge in [-0.2, -0.15) is 9.97 Å². The minimum atomic E-state index is -0.969. The first-order valence-corrected chi connectivity index (χ1v) is 7.50. The van der Waals surface area contributed by atoms with Crippen LogP contribution in [0.2, 0.25) is 0 Å². The molecule has 0 bridgehead atoms. The third-order valence-corrected chi connectivity index (χ3v) is 3.47. The SMILES string of the molecule is COC(=O)Nc1nc(N)c([N+](=O)[O-])c(N[C@@H](C)[C@H](O)c2ccccc2)n1. The summed E-state index contributed by atoms with van der Waals surface area (Å²) in [7, 11) is 1.14. The van der Waals surface area contributed by atoms with Gasteiger partial charge in [0.15, 0.2) is 0 Å².